The number of rotatable bonds is 3. The molecule has 2 aromatic rings. The number of aliphatic imine (C=N–C) groups is 1. The molecule has 0 atom stereocenters. The predicted molar refractivity (Wildman–Crippen MR) is 106 cm³/mol. The normalized spacial score (nSPS) is 18.8. The summed E-state index contributed by atoms with van der Waals surface area (Å²) in [6.45, 7) is 7.10. The molecule has 3 nitrogen and oxygen atoms in total. The molecule has 0 aromatic heterocycles. The first-order valence-electron chi connectivity index (χ1n) is 9.03. The molecule has 2 heterocycles. The van der Waals surface area contributed by atoms with Gasteiger partial charge in [0.1, 0.15) is 0 Å². The average Bonchev–Trinajstić information content (AvgIpc) is 2.69. The monoisotopic (exact) mass is 345 g/mol. The molecule has 132 valence electrons. The van der Waals surface area contributed by atoms with Crippen LogP contribution < -0.4 is 0 Å². The molecule has 0 amide bonds. The summed E-state index contributed by atoms with van der Waals surface area (Å²) < 4.78 is 11.6. The van der Waals surface area contributed by atoms with E-state index in [0.29, 0.717) is 13.2 Å². The number of hydrogen-bond donors (Lipinski definition) is 0. The van der Waals surface area contributed by atoms with Crippen molar-refractivity contribution in [2.45, 2.75) is 26.1 Å². The summed E-state index contributed by atoms with van der Waals surface area (Å²) in [5, 5.41) is 0. The minimum Gasteiger partial charge on any atom is -0.343 e. The first-order chi connectivity index (χ1) is 12.7. The Morgan fingerprint density at radius 3 is 2.27 bits per heavy atom. The Morgan fingerprint density at radius 2 is 1.58 bits per heavy atom. The van der Waals surface area contributed by atoms with Crippen molar-refractivity contribution in [1.82, 2.24) is 0 Å². The number of allylic oxidation sites excluding steroid dienone is 1. The number of aryl methyl sites for hydroxylation is 1. The smallest absolute Gasteiger partial charge is 0.197 e. The Hall–Kier alpha value is -2.49. The number of hydrogen-bond acceptors (Lipinski definition) is 3. The molecule has 0 saturated carbocycles. The molecule has 0 aliphatic carbocycles. The third-order valence-corrected chi connectivity index (χ3v) is 4.77. The third kappa shape index (κ3) is 3.55. The summed E-state index contributed by atoms with van der Waals surface area (Å²) in [5.74, 6) is 0. The van der Waals surface area contributed by atoms with E-state index in [4.69, 9.17) is 14.5 Å². The molecule has 0 bridgehead atoms. The highest BCUT2D eigenvalue weighted by atomic mass is 16.7. The van der Waals surface area contributed by atoms with E-state index in [0.717, 1.165) is 35.4 Å². The van der Waals surface area contributed by atoms with Gasteiger partial charge in [0.15, 0.2) is 6.29 Å². The van der Waals surface area contributed by atoms with Gasteiger partial charge in [-0.3, -0.25) is 4.99 Å². The first-order valence-corrected chi connectivity index (χ1v) is 9.03. The van der Waals surface area contributed by atoms with Crippen LogP contribution in [0.15, 0.2) is 71.7 Å². The second kappa shape index (κ2) is 7.40. The molecule has 2 aromatic carbocycles. The van der Waals surface area contributed by atoms with Gasteiger partial charge in [-0.05, 0) is 36.5 Å². The van der Waals surface area contributed by atoms with Crippen LogP contribution in [0.1, 0.15) is 29.5 Å². The molecule has 0 radical (unpaired) electrons. The fourth-order valence-electron chi connectivity index (χ4n) is 3.35. The van der Waals surface area contributed by atoms with E-state index in [1.807, 2.05) is 6.07 Å². The van der Waals surface area contributed by atoms with E-state index >= 15 is 0 Å². The Kier molecular flexibility index (Phi) is 4.83. The van der Waals surface area contributed by atoms with Crippen molar-refractivity contribution in [2.24, 2.45) is 4.99 Å². The summed E-state index contributed by atoms with van der Waals surface area (Å²) in [4.78, 5) is 5.00. The van der Waals surface area contributed by atoms with Gasteiger partial charge in [0.2, 0.25) is 0 Å². The highest BCUT2D eigenvalue weighted by Crippen LogP contribution is 2.36. The lowest BCUT2D eigenvalue weighted by Gasteiger charge is -2.29. The quantitative estimate of drug-likeness (QED) is 0.731. The van der Waals surface area contributed by atoms with E-state index in [2.05, 4.69) is 62.0 Å². The Morgan fingerprint density at radius 1 is 0.885 bits per heavy atom. The molecule has 4 rings (SSSR count). The molecule has 0 spiro atoms. The summed E-state index contributed by atoms with van der Waals surface area (Å²) in [7, 11) is 0. The fourth-order valence-corrected chi connectivity index (χ4v) is 3.35. The largest absolute Gasteiger partial charge is 0.343 e. The van der Waals surface area contributed by atoms with Crippen LogP contribution in [-0.4, -0.2) is 25.2 Å². The van der Waals surface area contributed by atoms with Crippen LogP contribution in [0.3, 0.4) is 0 Å². The predicted octanol–water partition coefficient (Wildman–Crippen LogP) is 5.03. The zero-order valence-electron chi connectivity index (χ0n) is 15.1. The standard InChI is InChI=1S/C23H23NO2/c1-16-8-10-19(11-9-16)22-20(18-6-4-3-5-7-18)12-13-21(24-22)23-25-14-17(2)15-26-23/h3-11,23H,2,12-15H2,1H3. The minimum atomic E-state index is -0.363. The van der Waals surface area contributed by atoms with Crippen molar-refractivity contribution < 1.29 is 9.47 Å². The van der Waals surface area contributed by atoms with Crippen LogP contribution in [-0.2, 0) is 9.47 Å². The maximum Gasteiger partial charge on any atom is 0.197 e. The van der Waals surface area contributed by atoms with E-state index < -0.39 is 0 Å². The second-order valence-corrected chi connectivity index (χ2v) is 6.87. The van der Waals surface area contributed by atoms with Crippen molar-refractivity contribution in [2.75, 3.05) is 13.2 Å². The SMILES string of the molecule is C=C1COC(C2=NC(c3ccc(C)cc3)=C(c3ccccc3)CC2)OC1. The minimum absolute atomic E-state index is 0.363. The molecule has 26 heavy (non-hydrogen) atoms. The summed E-state index contributed by atoms with van der Waals surface area (Å²) >= 11 is 0. The van der Waals surface area contributed by atoms with E-state index in [1.165, 1.54) is 16.7 Å². The van der Waals surface area contributed by atoms with Crippen LogP contribution in [0.2, 0.25) is 0 Å². The van der Waals surface area contributed by atoms with Gasteiger partial charge in [-0.1, -0.05) is 66.7 Å². The zero-order chi connectivity index (χ0) is 17.9. The molecule has 2 aliphatic rings. The Balaban J connectivity index is 1.75. The molecule has 3 heteroatoms. The molecule has 0 N–H and O–H groups in total. The van der Waals surface area contributed by atoms with E-state index in [-0.39, 0.29) is 6.29 Å². The Bertz CT molecular complexity index is 853. The zero-order valence-corrected chi connectivity index (χ0v) is 15.1. The van der Waals surface area contributed by atoms with Crippen molar-refractivity contribution in [1.29, 1.82) is 0 Å². The third-order valence-electron chi connectivity index (χ3n) is 4.77. The Labute approximate surface area is 154 Å². The highest BCUT2D eigenvalue weighted by molar-refractivity contribution is 6.03. The van der Waals surface area contributed by atoms with Gasteiger partial charge in [-0.15, -0.1) is 0 Å². The first kappa shape index (κ1) is 17.0. The lowest BCUT2D eigenvalue weighted by atomic mass is 9.92. The number of benzene rings is 2. The maximum absolute atomic E-state index is 5.80. The van der Waals surface area contributed by atoms with Gasteiger partial charge < -0.3 is 9.47 Å². The van der Waals surface area contributed by atoms with Crippen LogP contribution in [0.25, 0.3) is 11.3 Å². The lowest BCUT2D eigenvalue weighted by molar-refractivity contribution is -0.113. The van der Waals surface area contributed by atoms with Gasteiger partial charge in [0.05, 0.1) is 24.6 Å². The molecule has 1 saturated heterocycles. The van der Waals surface area contributed by atoms with E-state index in [1.54, 1.807) is 0 Å². The van der Waals surface area contributed by atoms with Crippen LogP contribution >= 0.6 is 0 Å². The molecular weight excluding hydrogens is 322 g/mol. The van der Waals surface area contributed by atoms with Crippen LogP contribution in [0, 0.1) is 6.92 Å². The molecule has 2 aliphatic heterocycles. The highest BCUT2D eigenvalue weighted by Gasteiger charge is 2.27. The maximum atomic E-state index is 5.80. The van der Waals surface area contributed by atoms with Gasteiger partial charge in [0, 0.05) is 5.56 Å². The van der Waals surface area contributed by atoms with E-state index in [9.17, 15) is 0 Å². The van der Waals surface area contributed by atoms with Crippen LogP contribution in [0.4, 0.5) is 0 Å². The van der Waals surface area contributed by atoms with Gasteiger partial charge >= 0.3 is 0 Å². The summed E-state index contributed by atoms with van der Waals surface area (Å²) in [6.07, 6.45) is 1.41. The van der Waals surface area contributed by atoms with Crippen molar-refractivity contribution in [3.8, 4) is 0 Å². The van der Waals surface area contributed by atoms with Gasteiger partial charge in [-0.25, -0.2) is 0 Å². The van der Waals surface area contributed by atoms with Crippen molar-refractivity contribution >= 4 is 17.0 Å². The lowest BCUT2D eigenvalue weighted by Crippen LogP contribution is -2.34. The van der Waals surface area contributed by atoms with Gasteiger partial charge in [-0.2, -0.15) is 0 Å². The molecule has 1 fully saturated rings. The van der Waals surface area contributed by atoms with Crippen molar-refractivity contribution in [3.05, 3.63) is 83.4 Å². The molecule has 0 unspecified atom stereocenters. The molecular formula is C23H23NO2. The fraction of sp³-hybridized carbons (Fsp3) is 0.261. The number of nitrogens with zero attached hydrogens (tertiary/aromatic N) is 1. The topological polar surface area (TPSA) is 30.8 Å². The van der Waals surface area contributed by atoms with Gasteiger partial charge in [0.25, 0.3) is 0 Å². The van der Waals surface area contributed by atoms with Crippen molar-refractivity contribution in [3.63, 3.8) is 0 Å². The summed E-state index contributed by atoms with van der Waals surface area (Å²) in [6, 6.07) is 19.1. The number of ether oxygens (including phenoxy) is 2. The average molecular weight is 345 g/mol. The second-order valence-electron chi connectivity index (χ2n) is 6.87. The van der Waals surface area contributed by atoms with Crippen LogP contribution in [0.5, 0.6) is 0 Å². The summed E-state index contributed by atoms with van der Waals surface area (Å²) in [5.41, 5.74) is 7.84.